The van der Waals surface area contributed by atoms with E-state index in [2.05, 4.69) is 15.8 Å². The van der Waals surface area contributed by atoms with Crippen LogP contribution in [-0.4, -0.2) is 37.2 Å². The zero-order valence-electron chi connectivity index (χ0n) is 21.5. The first kappa shape index (κ1) is 27.1. The van der Waals surface area contributed by atoms with Crippen LogP contribution < -0.4 is 15.6 Å². The second-order valence-electron chi connectivity index (χ2n) is 9.73. The summed E-state index contributed by atoms with van der Waals surface area (Å²) in [7, 11) is 3.83. The largest absolute Gasteiger partial charge is 0.507 e. The van der Waals surface area contributed by atoms with Gasteiger partial charge in [0.1, 0.15) is 17.3 Å². The minimum absolute atomic E-state index is 0.0159. The number of carbonyl (C=O) groups is 2. The molecule has 0 saturated carbocycles. The predicted molar refractivity (Wildman–Crippen MR) is 145 cm³/mol. The lowest BCUT2D eigenvalue weighted by molar-refractivity contribution is -0.117. The van der Waals surface area contributed by atoms with Gasteiger partial charge < -0.3 is 15.3 Å². The van der Waals surface area contributed by atoms with Gasteiger partial charge in [0.05, 0.1) is 6.21 Å². The minimum Gasteiger partial charge on any atom is -0.507 e. The third-order valence-electron chi connectivity index (χ3n) is 5.56. The number of amides is 2. The Morgan fingerprint density at radius 1 is 1.00 bits per heavy atom. The van der Waals surface area contributed by atoms with Crippen molar-refractivity contribution in [3.05, 3.63) is 100 Å². The molecule has 0 aliphatic heterocycles. The van der Waals surface area contributed by atoms with Crippen LogP contribution in [-0.2, 0) is 10.2 Å². The Balaban J connectivity index is 1.86. The maximum absolute atomic E-state index is 13.6. The van der Waals surface area contributed by atoms with E-state index in [0.717, 1.165) is 17.3 Å². The van der Waals surface area contributed by atoms with E-state index in [9.17, 15) is 19.1 Å². The van der Waals surface area contributed by atoms with Crippen molar-refractivity contribution in [1.82, 2.24) is 10.7 Å². The number of rotatable bonds is 7. The third kappa shape index (κ3) is 7.51. The second kappa shape index (κ2) is 11.5. The molecule has 0 unspecified atom stereocenters. The van der Waals surface area contributed by atoms with E-state index in [1.165, 1.54) is 30.5 Å². The number of nitrogens with zero attached hydrogens (tertiary/aromatic N) is 2. The van der Waals surface area contributed by atoms with Crippen LogP contribution in [0.4, 0.5) is 10.1 Å². The number of benzene rings is 3. The first-order valence-electron chi connectivity index (χ1n) is 11.7. The van der Waals surface area contributed by atoms with Gasteiger partial charge >= 0.3 is 0 Å². The van der Waals surface area contributed by atoms with Crippen molar-refractivity contribution in [2.75, 3.05) is 19.0 Å². The van der Waals surface area contributed by atoms with Crippen LogP contribution in [0.2, 0.25) is 0 Å². The molecular formula is C29H31FN4O3. The average molecular weight is 503 g/mol. The molecule has 37 heavy (non-hydrogen) atoms. The van der Waals surface area contributed by atoms with Crippen molar-refractivity contribution in [1.29, 1.82) is 0 Å². The minimum atomic E-state index is -0.691. The fourth-order valence-electron chi connectivity index (χ4n) is 3.36. The number of phenolic OH excluding ortho intramolecular Hbond substituents is 1. The molecule has 192 valence electrons. The summed E-state index contributed by atoms with van der Waals surface area (Å²) in [5, 5.41) is 16.7. The highest BCUT2D eigenvalue weighted by molar-refractivity contribution is 6.05. The summed E-state index contributed by atoms with van der Waals surface area (Å²) in [6.45, 7) is 6.14. The Labute approximate surface area is 216 Å². The summed E-state index contributed by atoms with van der Waals surface area (Å²) in [6, 6.07) is 17.7. The van der Waals surface area contributed by atoms with Crippen molar-refractivity contribution in [3.63, 3.8) is 0 Å². The molecule has 3 N–H and O–H groups in total. The molecule has 8 heteroatoms. The van der Waals surface area contributed by atoms with E-state index in [4.69, 9.17) is 0 Å². The summed E-state index contributed by atoms with van der Waals surface area (Å²) in [6.07, 6.45) is 2.83. The normalized spacial score (nSPS) is 11.9. The van der Waals surface area contributed by atoms with Gasteiger partial charge in [-0.2, -0.15) is 5.10 Å². The van der Waals surface area contributed by atoms with Crippen LogP contribution in [0, 0.1) is 5.82 Å². The van der Waals surface area contributed by atoms with Crippen molar-refractivity contribution in [2.45, 2.75) is 26.2 Å². The first-order chi connectivity index (χ1) is 17.4. The van der Waals surface area contributed by atoms with Crippen LogP contribution in [0.1, 0.15) is 47.8 Å². The number of anilines is 1. The maximum atomic E-state index is 13.6. The van der Waals surface area contributed by atoms with Crippen molar-refractivity contribution < 1.29 is 19.1 Å². The molecule has 0 heterocycles. The first-order valence-corrected chi connectivity index (χ1v) is 11.7. The summed E-state index contributed by atoms with van der Waals surface area (Å²) < 4.78 is 13.6. The maximum Gasteiger partial charge on any atom is 0.287 e. The lowest BCUT2D eigenvalue weighted by Gasteiger charge is -2.19. The highest BCUT2D eigenvalue weighted by Crippen LogP contribution is 2.26. The lowest BCUT2D eigenvalue weighted by Crippen LogP contribution is -2.32. The Morgan fingerprint density at radius 3 is 2.32 bits per heavy atom. The molecule has 0 atom stereocenters. The van der Waals surface area contributed by atoms with Crippen LogP contribution in [0.25, 0.3) is 6.08 Å². The molecule has 3 aromatic rings. The molecule has 0 saturated heterocycles. The van der Waals surface area contributed by atoms with E-state index in [0.29, 0.717) is 11.1 Å². The summed E-state index contributed by atoms with van der Waals surface area (Å²) >= 11 is 0. The van der Waals surface area contributed by atoms with Gasteiger partial charge in [0.2, 0.25) is 0 Å². The Morgan fingerprint density at radius 2 is 1.70 bits per heavy atom. The van der Waals surface area contributed by atoms with Gasteiger partial charge in [-0.1, -0.05) is 45.0 Å². The van der Waals surface area contributed by atoms with Crippen molar-refractivity contribution in [3.8, 4) is 5.75 Å². The predicted octanol–water partition coefficient (Wildman–Crippen LogP) is 4.82. The van der Waals surface area contributed by atoms with Gasteiger partial charge in [-0.25, -0.2) is 9.82 Å². The molecule has 0 aliphatic rings. The topological polar surface area (TPSA) is 94.0 Å². The molecule has 0 fully saturated rings. The van der Waals surface area contributed by atoms with Crippen molar-refractivity contribution in [2.24, 2.45) is 5.10 Å². The van der Waals surface area contributed by atoms with Crippen LogP contribution in [0.15, 0.2) is 77.5 Å². The Hall–Kier alpha value is -4.46. The molecule has 0 aliphatic carbocycles. The van der Waals surface area contributed by atoms with Gasteiger partial charge in [-0.3, -0.25) is 9.59 Å². The van der Waals surface area contributed by atoms with E-state index < -0.39 is 17.6 Å². The molecule has 0 radical (unpaired) electrons. The second-order valence-corrected chi connectivity index (χ2v) is 9.73. The standard InChI is InChI=1S/C29H31FN4O3/c1-29(2,3)22-11-14-26(35)21(16-22)18-31-33-28(37)25(15-19-9-12-24(13-10-19)34(4)5)32-27(36)20-7-6-8-23(30)17-20/h6-18,35H,1-5H3,(H,32,36)(H,33,37)/b25-15?,31-18+. The molecule has 2 amide bonds. The van der Waals surface area contributed by atoms with Gasteiger partial charge in [0, 0.05) is 30.9 Å². The molecule has 3 rings (SSSR count). The molecule has 3 aromatic carbocycles. The number of carbonyl (C=O) groups excluding carboxylic acids is 2. The zero-order chi connectivity index (χ0) is 27.2. The SMILES string of the molecule is CN(C)c1ccc(C=C(NC(=O)c2cccc(F)c2)C(=O)N/N=C/c2cc(C(C)(C)C)ccc2O)cc1. The molecular weight excluding hydrogens is 471 g/mol. The van der Waals surface area contributed by atoms with Crippen LogP contribution in [0.3, 0.4) is 0 Å². The van der Waals surface area contributed by atoms with Gasteiger partial charge in [0.25, 0.3) is 11.8 Å². The summed E-state index contributed by atoms with van der Waals surface area (Å²) in [5.41, 5.74) is 5.27. The van der Waals surface area contributed by atoms with Gasteiger partial charge in [-0.15, -0.1) is 0 Å². The highest BCUT2D eigenvalue weighted by atomic mass is 19.1. The van der Waals surface area contributed by atoms with E-state index in [1.807, 2.05) is 58.0 Å². The Kier molecular flexibility index (Phi) is 8.45. The van der Waals surface area contributed by atoms with Gasteiger partial charge in [-0.05, 0) is 65.1 Å². The fraction of sp³-hybridized carbons (Fsp3) is 0.207. The number of phenols is 1. The number of nitrogens with one attached hydrogen (secondary N) is 2. The molecule has 0 bridgehead atoms. The number of hydrazone groups is 1. The van der Waals surface area contributed by atoms with Crippen molar-refractivity contribution >= 4 is 29.8 Å². The summed E-state index contributed by atoms with van der Waals surface area (Å²) in [5.74, 6) is -1.89. The fourth-order valence-corrected chi connectivity index (χ4v) is 3.36. The smallest absolute Gasteiger partial charge is 0.287 e. The quantitative estimate of drug-likeness (QED) is 0.245. The lowest BCUT2D eigenvalue weighted by atomic mass is 9.86. The van der Waals surface area contributed by atoms with E-state index in [1.54, 1.807) is 24.3 Å². The van der Waals surface area contributed by atoms with Crippen LogP contribution in [0.5, 0.6) is 5.75 Å². The van der Waals surface area contributed by atoms with Gasteiger partial charge in [0.15, 0.2) is 0 Å². The number of halogens is 1. The molecule has 7 nitrogen and oxygen atoms in total. The number of hydrogen-bond donors (Lipinski definition) is 3. The molecule has 0 spiro atoms. The Bertz CT molecular complexity index is 1340. The third-order valence-corrected chi connectivity index (χ3v) is 5.56. The number of aromatic hydroxyl groups is 1. The zero-order valence-corrected chi connectivity index (χ0v) is 21.5. The highest BCUT2D eigenvalue weighted by Gasteiger charge is 2.16. The summed E-state index contributed by atoms with van der Waals surface area (Å²) in [4.78, 5) is 27.7. The average Bonchev–Trinajstić information content (AvgIpc) is 2.84. The van der Waals surface area contributed by atoms with E-state index in [-0.39, 0.29) is 22.4 Å². The van der Waals surface area contributed by atoms with E-state index >= 15 is 0 Å². The molecule has 0 aromatic heterocycles. The van der Waals surface area contributed by atoms with Crippen LogP contribution >= 0.6 is 0 Å². The monoisotopic (exact) mass is 502 g/mol. The number of hydrogen-bond acceptors (Lipinski definition) is 5.